The van der Waals surface area contributed by atoms with E-state index in [4.69, 9.17) is 18.5 Å². The molecule has 2 unspecified atom stereocenters. The van der Waals surface area contributed by atoms with Crippen molar-refractivity contribution in [1.29, 1.82) is 0 Å². The molecule has 0 fully saturated rings. The molecular weight excluding hydrogens is 734 g/mol. The molecule has 0 bridgehead atoms. The third-order valence-electron chi connectivity index (χ3n) is 9.92. The third kappa shape index (κ3) is 45.4. The zero-order valence-corrected chi connectivity index (χ0v) is 38.7. The summed E-state index contributed by atoms with van der Waals surface area (Å²) in [6.45, 7) is 5.43. The number of esters is 1. The predicted molar refractivity (Wildman–Crippen MR) is 243 cm³/mol. The lowest BCUT2D eigenvalue weighted by Gasteiger charge is -2.24. The number of hydrogen-bond acceptors (Lipinski definition) is 6. The maximum atomic E-state index is 12.6. The Labute approximate surface area is 352 Å². The minimum absolute atomic E-state index is 0.0760. The fraction of sp³-hybridized carbons (Fsp3) is 0.812. The quantitative estimate of drug-likeness (QED) is 0.0215. The molecule has 0 rings (SSSR count). The highest BCUT2D eigenvalue weighted by Crippen LogP contribution is 2.43. The van der Waals surface area contributed by atoms with Crippen molar-refractivity contribution in [2.45, 2.75) is 200 Å². The van der Waals surface area contributed by atoms with Crippen LogP contribution in [0.1, 0.15) is 194 Å². The fourth-order valence-corrected chi connectivity index (χ4v) is 7.07. The topological polar surface area (TPSA) is 91.3 Å². The molecule has 0 radical (unpaired) electrons. The Kier molecular flexibility index (Phi) is 40.1. The van der Waals surface area contributed by atoms with Gasteiger partial charge in [-0.15, -0.1) is 0 Å². The molecule has 0 aliphatic rings. The van der Waals surface area contributed by atoms with E-state index >= 15 is 0 Å². The highest BCUT2D eigenvalue weighted by molar-refractivity contribution is 7.47. The van der Waals surface area contributed by atoms with Crippen molar-refractivity contribution in [2.24, 2.45) is 0 Å². The number of carbonyl (C=O) groups is 1. The molecule has 2 atom stereocenters. The van der Waals surface area contributed by atoms with Gasteiger partial charge in [0, 0.05) is 13.0 Å². The van der Waals surface area contributed by atoms with Crippen molar-refractivity contribution in [3.63, 3.8) is 0 Å². The SMILES string of the molecule is CC/C=C\C/C=C\C/C=C\C/C=C\CCC(=O)OC(COCCCCCCCCCCCCCCCCCCCCCCCC)COP(=O)(O)OCC[N+](C)(C)C. The molecule has 0 aromatic rings. The van der Waals surface area contributed by atoms with Crippen molar-refractivity contribution < 1.29 is 37.3 Å². The van der Waals surface area contributed by atoms with E-state index in [1.54, 1.807) is 0 Å². The number of unbranched alkanes of at least 4 members (excludes halogenated alkanes) is 21. The normalized spacial score (nSPS) is 14.1. The smallest absolute Gasteiger partial charge is 0.457 e. The van der Waals surface area contributed by atoms with Crippen LogP contribution >= 0.6 is 7.82 Å². The van der Waals surface area contributed by atoms with E-state index in [0.717, 1.165) is 38.5 Å². The summed E-state index contributed by atoms with van der Waals surface area (Å²) >= 11 is 0. The lowest BCUT2D eigenvalue weighted by Crippen LogP contribution is -2.37. The molecule has 57 heavy (non-hydrogen) atoms. The van der Waals surface area contributed by atoms with Gasteiger partial charge in [0.2, 0.25) is 0 Å². The summed E-state index contributed by atoms with van der Waals surface area (Å²) in [5.41, 5.74) is 0. The van der Waals surface area contributed by atoms with Gasteiger partial charge in [-0.2, -0.15) is 0 Å². The van der Waals surface area contributed by atoms with Gasteiger partial charge in [0.05, 0.1) is 34.4 Å². The van der Waals surface area contributed by atoms with E-state index in [1.807, 2.05) is 33.3 Å². The summed E-state index contributed by atoms with van der Waals surface area (Å²) in [6, 6.07) is 0. The van der Waals surface area contributed by atoms with Crippen LogP contribution in [0.5, 0.6) is 0 Å². The zero-order chi connectivity index (χ0) is 42.0. The highest BCUT2D eigenvalue weighted by Gasteiger charge is 2.26. The average molecular weight is 825 g/mol. The molecule has 8 nitrogen and oxygen atoms in total. The molecule has 0 aromatic carbocycles. The Bertz CT molecular complexity index is 1050. The van der Waals surface area contributed by atoms with Crippen molar-refractivity contribution in [1.82, 2.24) is 0 Å². The molecule has 9 heteroatoms. The molecule has 0 heterocycles. The number of rotatable bonds is 43. The first-order valence-electron chi connectivity index (χ1n) is 23.4. The van der Waals surface area contributed by atoms with Crippen LogP contribution in [0.15, 0.2) is 48.6 Å². The lowest BCUT2D eigenvalue weighted by atomic mass is 10.0. The second kappa shape index (κ2) is 41.2. The predicted octanol–water partition coefficient (Wildman–Crippen LogP) is 13.9. The van der Waals surface area contributed by atoms with Gasteiger partial charge in [-0.25, -0.2) is 4.57 Å². The Morgan fingerprint density at radius 1 is 0.561 bits per heavy atom. The minimum atomic E-state index is -4.29. The summed E-state index contributed by atoms with van der Waals surface area (Å²) < 4.78 is 34.9. The van der Waals surface area contributed by atoms with Crippen molar-refractivity contribution in [3.05, 3.63) is 48.6 Å². The molecule has 0 saturated carbocycles. The standard InChI is InChI=1S/C48H90NO7P/c1-6-8-10-12-14-16-18-20-21-22-23-24-25-26-27-28-30-32-34-36-38-40-43-53-45-47(46-55-57(51,52)54-44-42-49(3,4)5)56-48(50)41-39-37-35-33-31-29-19-17-15-13-11-9-7-2/h9,11,15,17,29,31,35,37,47H,6-8,10,12-14,16,18-28,30,32-34,36,38-46H2,1-5H3/p+1/b11-9-,17-15-,31-29-,37-35-. The first kappa shape index (κ1) is 55.5. The number of carbonyl (C=O) groups excluding carboxylic acids is 1. The number of hydrogen-bond donors (Lipinski definition) is 1. The Morgan fingerprint density at radius 2 is 0.982 bits per heavy atom. The lowest BCUT2D eigenvalue weighted by molar-refractivity contribution is -0.870. The molecule has 0 aliphatic heterocycles. The average Bonchev–Trinajstić information content (AvgIpc) is 3.16. The van der Waals surface area contributed by atoms with Crippen molar-refractivity contribution >= 4 is 13.8 Å². The van der Waals surface area contributed by atoms with Gasteiger partial charge in [-0.3, -0.25) is 13.8 Å². The Morgan fingerprint density at radius 3 is 1.42 bits per heavy atom. The van der Waals surface area contributed by atoms with Gasteiger partial charge in [-0.05, 0) is 38.5 Å². The molecule has 0 saturated heterocycles. The number of phosphoric acid groups is 1. The Hall–Kier alpha value is -1.54. The van der Waals surface area contributed by atoms with E-state index < -0.39 is 19.9 Å². The third-order valence-corrected chi connectivity index (χ3v) is 10.9. The van der Waals surface area contributed by atoms with Gasteiger partial charge in [0.25, 0.3) is 0 Å². The second-order valence-corrected chi connectivity index (χ2v) is 18.2. The first-order chi connectivity index (χ1) is 27.6. The van der Waals surface area contributed by atoms with Crippen LogP contribution in [-0.4, -0.2) is 75.6 Å². The monoisotopic (exact) mass is 825 g/mol. The van der Waals surface area contributed by atoms with Crippen LogP contribution in [-0.2, 0) is 27.9 Å². The van der Waals surface area contributed by atoms with Crippen LogP contribution in [0.4, 0.5) is 0 Å². The number of allylic oxidation sites excluding steroid dienone is 8. The van der Waals surface area contributed by atoms with Crippen LogP contribution in [0.25, 0.3) is 0 Å². The molecule has 0 spiro atoms. The molecule has 334 valence electrons. The summed E-state index contributed by atoms with van der Waals surface area (Å²) in [7, 11) is 1.63. The van der Waals surface area contributed by atoms with Gasteiger partial charge in [0.1, 0.15) is 19.3 Å². The maximum Gasteiger partial charge on any atom is 0.472 e. The van der Waals surface area contributed by atoms with Gasteiger partial charge >= 0.3 is 13.8 Å². The molecular formula is C48H91NO7P+. The van der Waals surface area contributed by atoms with Gasteiger partial charge in [0.15, 0.2) is 0 Å². The number of ether oxygens (including phenoxy) is 2. The van der Waals surface area contributed by atoms with Crippen molar-refractivity contribution in [3.8, 4) is 0 Å². The largest absolute Gasteiger partial charge is 0.472 e. The molecule has 0 aliphatic carbocycles. The van der Waals surface area contributed by atoms with Gasteiger partial charge < -0.3 is 18.9 Å². The van der Waals surface area contributed by atoms with E-state index in [1.165, 1.54) is 128 Å². The van der Waals surface area contributed by atoms with E-state index in [9.17, 15) is 14.3 Å². The maximum absolute atomic E-state index is 12.6. The van der Waals surface area contributed by atoms with Crippen LogP contribution < -0.4 is 0 Å². The second-order valence-electron chi connectivity index (χ2n) is 16.8. The molecule has 0 aromatic heterocycles. The Balaban J connectivity index is 4.17. The first-order valence-corrected chi connectivity index (χ1v) is 24.9. The summed E-state index contributed by atoms with van der Waals surface area (Å²) in [6.07, 6.45) is 50.4. The zero-order valence-electron chi connectivity index (χ0n) is 37.8. The molecule has 1 N–H and O–H groups in total. The highest BCUT2D eigenvalue weighted by atomic mass is 31.2. The number of nitrogens with zero attached hydrogens (tertiary/aromatic N) is 1. The van der Waals surface area contributed by atoms with Gasteiger partial charge in [-0.1, -0.05) is 197 Å². The minimum Gasteiger partial charge on any atom is -0.457 e. The van der Waals surface area contributed by atoms with Crippen LogP contribution in [0.3, 0.4) is 0 Å². The number of likely N-dealkylation sites (N-methyl/N-ethyl adjacent to an activating group) is 1. The van der Waals surface area contributed by atoms with Crippen molar-refractivity contribution in [2.75, 3.05) is 54.1 Å². The fourth-order valence-electron chi connectivity index (χ4n) is 6.33. The van der Waals surface area contributed by atoms with E-state index in [2.05, 4.69) is 50.3 Å². The van der Waals surface area contributed by atoms with E-state index in [-0.39, 0.29) is 26.2 Å². The van der Waals surface area contributed by atoms with Crippen LogP contribution in [0.2, 0.25) is 0 Å². The van der Waals surface area contributed by atoms with E-state index in [0.29, 0.717) is 24.1 Å². The number of quaternary nitrogens is 1. The summed E-state index contributed by atoms with van der Waals surface area (Å²) in [5.74, 6) is -0.391. The summed E-state index contributed by atoms with van der Waals surface area (Å²) in [5, 5.41) is 0. The molecule has 0 amide bonds. The number of phosphoric ester groups is 1. The van der Waals surface area contributed by atoms with Crippen LogP contribution in [0, 0.1) is 0 Å². The summed E-state index contributed by atoms with van der Waals surface area (Å²) in [4.78, 5) is 22.8.